The van der Waals surface area contributed by atoms with Gasteiger partial charge in [-0.15, -0.1) is 11.3 Å². The first-order chi connectivity index (χ1) is 18.1. The first-order valence-electron chi connectivity index (χ1n) is 12.1. The van der Waals surface area contributed by atoms with Gasteiger partial charge in [0.15, 0.2) is 0 Å². The molecule has 0 saturated carbocycles. The number of carbonyl (C=O) groups excluding carboxylic acids is 1. The molecule has 3 aromatic carbocycles. The Kier molecular flexibility index (Phi) is 5.96. The van der Waals surface area contributed by atoms with Gasteiger partial charge in [-0.3, -0.25) is 9.78 Å². The van der Waals surface area contributed by atoms with Crippen LogP contribution in [0.15, 0.2) is 84.6 Å². The van der Waals surface area contributed by atoms with Crippen molar-refractivity contribution in [2.75, 3.05) is 20.2 Å². The van der Waals surface area contributed by atoms with Crippen LogP contribution in [-0.2, 0) is 11.8 Å². The molecule has 186 valence electrons. The molecule has 1 unspecified atom stereocenters. The minimum atomic E-state index is -0.334. The van der Waals surface area contributed by atoms with Crippen LogP contribution in [0.3, 0.4) is 0 Å². The van der Waals surface area contributed by atoms with E-state index in [-0.39, 0.29) is 17.1 Å². The average Bonchev–Trinajstić information content (AvgIpc) is 3.69. The zero-order valence-corrected chi connectivity index (χ0v) is 21.1. The van der Waals surface area contributed by atoms with Crippen LogP contribution in [-0.4, -0.2) is 45.8 Å². The van der Waals surface area contributed by atoms with Gasteiger partial charge in [0.05, 0.1) is 36.2 Å². The Morgan fingerprint density at radius 2 is 1.92 bits per heavy atom. The molecule has 1 saturated heterocycles. The highest BCUT2D eigenvalue weighted by atomic mass is 32.1. The third-order valence-corrected chi connectivity index (χ3v) is 7.96. The van der Waals surface area contributed by atoms with Crippen molar-refractivity contribution in [2.45, 2.75) is 18.3 Å². The molecule has 0 N–H and O–H groups in total. The van der Waals surface area contributed by atoms with E-state index in [1.165, 1.54) is 29.0 Å². The van der Waals surface area contributed by atoms with E-state index in [2.05, 4.69) is 28.3 Å². The molecule has 0 radical (unpaired) electrons. The van der Waals surface area contributed by atoms with Crippen LogP contribution >= 0.6 is 11.3 Å². The molecule has 1 fully saturated rings. The first kappa shape index (κ1) is 23.4. The zero-order valence-electron chi connectivity index (χ0n) is 20.3. The number of amides is 1. The summed E-state index contributed by atoms with van der Waals surface area (Å²) in [7, 11) is 1.68. The van der Waals surface area contributed by atoms with Crippen LogP contribution in [0.25, 0.3) is 16.6 Å². The van der Waals surface area contributed by atoms with Crippen molar-refractivity contribution in [1.82, 2.24) is 19.7 Å². The third kappa shape index (κ3) is 4.27. The number of nitrogens with zero attached hydrogens (tertiary/aromatic N) is 4. The fourth-order valence-electron chi connectivity index (χ4n) is 5.40. The summed E-state index contributed by atoms with van der Waals surface area (Å²) in [6.07, 6.45) is 5.04. The number of methoxy groups -OCH3 is 1. The number of likely N-dealkylation sites (tertiary alicyclic amines) is 1. The van der Waals surface area contributed by atoms with Gasteiger partial charge in [-0.25, -0.2) is 9.07 Å². The Balaban J connectivity index is 1.45. The summed E-state index contributed by atoms with van der Waals surface area (Å²) in [4.78, 5) is 19.9. The number of hydrogen-bond donors (Lipinski definition) is 0. The normalized spacial score (nSPS) is 17.4. The number of rotatable bonds is 6. The van der Waals surface area contributed by atoms with E-state index in [1.807, 2.05) is 35.4 Å². The maximum atomic E-state index is 13.5. The van der Waals surface area contributed by atoms with E-state index in [0.29, 0.717) is 18.0 Å². The van der Waals surface area contributed by atoms with Crippen LogP contribution in [0, 0.1) is 5.82 Å². The van der Waals surface area contributed by atoms with E-state index in [9.17, 15) is 9.18 Å². The number of fused-ring (bicyclic) bond motifs is 1. The lowest BCUT2D eigenvalue weighted by Crippen LogP contribution is -2.36. The summed E-state index contributed by atoms with van der Waals surface area (Å²) in [6, 6.07) is 20.8. The maximum Gasteiger partial charge on any atom is 0.265 e. The molecule has 1 amide bonds. The predicted molar refractivity (Wildman–Crippen MR) is 142 cm³/mol. The summed E-state index contributed by atoms with van der Waals surface area (Å²) in [5.41, 5.74) is 5.27. The van der Waals surface area contributed by atoms with Crippen LogP contribution < -0.4 is 4.74 Å². The molecule has 0 bridgehead atoms. The topological polar surface area (TPSA) is 60.2 Å². The van der Waals surface area contributed by atoms with Crippen molar-refractivity contribution in [3.05, 3.63) is 106 Å². The molecule has 0 spiro atoms. The lowest BCUT2D eigenvalue weighted by molar-refractivity contribution is 0.0787. The van der Waals surface area contributed by atoms with Crippen LogP contribution in [0.1, 0.15) is 27.2 Å². The van der Waals surface area contributed by atoms with Gasteiger partial charge < -0.3 is 9.64 Å². The average molecular weight is 513 g/mol. The molecule has 3 heterocycles. The first-order valence-corrected chi connectivity index (χ1v) is 13.0. The molecular weight excluding hydrogens is 487 g/mol. The summed E-state index contributed by atoms with van der Waals surface area (Å²) in [6.45, 7) is 1.23. The number of aromatic nitrogens is 3. The van der Waals surface area contributed by atoms with Crippen LogP contribution in [0.4, 0.5) is 4.39 Å². The van der Waals surface area contributed by atoms with Crippen LogP contribution in [0.5, 0.6) is 5.75 Å². The van der Waals surface area contributed by atoms with Gasteiger partial charge in [0.2, 0.25) is 0 Å². The van der Waals surface area contributed by atoms with Gasteiger partial charge in [-0.1, -0.05) is 30.3 Å². The number of benzene rings is 3. The minimum absolute atomic E-state index is 0.0154. The monoisotopic (exact) mass is 512 g/mol. The van der Waals surface area contributed by atoms with Crippen molar-refractivity contribution >= 4 is 28.1 Å². The van der Waals surface area contributed by atoms with E-state index in [0.717, 1.165) is 40.7 Å². The smallest absolute Gasteiger partial charge is 0.265 e. The number of carbonyl (C=O) groups is 1. The Morgan fingerprint density at radius 3 is 2.65 bits per heavy atom. The number of ether oxygens (including phenoxy) is 1. The summed E-state index contributed by atoms with van der Waals surface area (Å²) >= 11 is 1.37. The van der Waals surface area contributed by atoms with E-state index >= 15 is 0 Å². The minimum Gasteiger partial charge on any atom is -0.496 e. The molecule has 5 aromatic rings. The van der Waals surface area contributed by atoms with Crippen molar-refractivity contribution in [3.8, 4) is 11.4 Å². The van der Waals surface area contributed by atoms with Crippen molar-refractivity contribution in [3.63, 3.8) is 0 Å². The predicted octanol–water partition coefficient (Wildman–Crippen LogP) is 5.66. The number of hydrogen-bond acceptors (Lipinski definition) is 5. The quantitative estimate of drug-likeness (QED) is 0.295. The molecule has 8 heteroatoms. The van der Waals surface area contributed by atoms with Gasteiger partial charge in [-0.2, -0.15) is 5.10 Å². The molecule has 6 rings (SSSR count). The lowest BCUT2D eigenvalue weighted by Gasteiger charge is -2.32. The van der Waals surface area contributed by atoms with Gasteiger partial charge in [0, 0.05) is 35.5 Å². The summed E-state index contributed by atoms with van der Waals surface area (Å²) < 4.78 is 21.3. The molecule has 1 atom stereocenters. The van der Waals surface area contributed by atoms with Gasteiger partial charge >= 0.3 is 0 Å². The number of thiazole rings is 1. The lowest BCUT2D eigenvalue weighted by atomic mass is 9.74. The molecule has 6 nitrogen and oxygen atoms in total. The highest BCUT2D eigenvalue weighted by molar-refractivity contribution is 7.11. The highest BCUT2D eigenvalue weighted by Gasteiger charge is 2.43. The Hall–Kier alpha value is -4.04. The second-order valence-corrected chi connectivity index (χ2v) is 10.3. The standard InChI is InChI=1S/C29H25FN4O2S/c1-36-26-14-25-21(16-32-34(25)23-9-7-22(30)8-10-23)13-24(26)29(15-20-5-3-2-4-6-20)11-12-33(18-29)28(35)27-17-31-19-37-27/h2-10,13-14,16-17,19H,11-12,15,18H2,1H3. The molecule has 0 aliphatic carbocycles. The fraction of sp³-hybridized carbons (Fsp3) is 0.207. The largest absolute Gasteiger partial charge is 0.496 e. The van der Waals surface area contributed by atoms with Crippen molar-refractivity contribution in [2.24, 2.45) is 0 Å². The van der Waals surface area contributed by atoms with Gasteiger partial charge in [0.25, 0.3) is 5.91 Å². The molecule has 37 heavy (non-hydrogen) atoms. The summed E-state index contributed by atoms with van der Waals surface area (Å²) in [5.74, 6) is 0.475. The maximum absolute atomic E-state index is 13.5. The van der Waals surface area contributed by atoms with E-state index < -0.39 is 0 Å². The van der Waals surface area contributed by atoms with Crippen LogP contribution in [0.2, 0.25) is 0 Å². The summed E-state index contributed by atoms with van der Waals surface area (Å²) in [5, 5.41) is 5.55. The number of halogens is 1. The molecule has 1 aliphatic heterocycles. The Labute approximate surface area is 218 Å². The molecular formula is C29H25FN4O2S. The van der Waals surface area contributed by atoms with Gasteiger partial charge in [-0.05, 0) is 48.7 Å². The Bertz CT molecular complexity index is 1550. The molecule has 2 aromatic heterocycles. The second-order valence-electron chi connectivity index (χ2n) is 9.43. The van der Waals surface area contributed by atoms with Crippen molar-refractivity contribution < 1.29 is 13.9 Å². The van der Waals surface area contributed by atoms with Gasteiger partial charge in [0.1, 0.15) is 16.4 Å². The Morgan fingerprint density at radius 1 is 1.11 bits per heavy atom. The third-order valence-electron chi connectivity index (χ3n) is 7.20. The SMILES string of the molecule is COc1cc2c(cnn2-c2ccc(F)cc2)cc1C1(Cc2ccccc2)CCN(C(=O)c2cncs2)C1. The second kappa shape index (κ2) is 9.44. The molecule has 1 aliphatic rings. The zero-order chi connectivity index (χ0) is 25.4. The van der Waals surface area contributed by atoms with E-state index in [1.54, 1.807) is 35.6 Å². The highest BCUT2D eigenvalue weighted by Crippen LogP contribution is 2.44. The van der Waals surface area contributed by atoms with Crippen molar-refractivity contribution in [1.29, 1.82) is 0 Å². The fourth-order valence-corrected chi connectivity index (χ4v) is 5.98. The van der Waals surface area contributed by atoms with E-state index in [4.69, 9.17) is 4.74 Å².